The Balaban J connectivity index is 1.36. The molecule has 0 aliphatic rings. The second-order valence-corrected chi connectivity index (χ2v) is 7.61. The van der Waals surface area contributed by atoms with Gasteiger partial charge in [0.25, 0.3) is 0 Å². The lowest BCUT2D eigenvalue weighted by molar-refractivity contribution is -0.401. The zero-order valence-corrected chi connectivity index (χ0v) is 16.8. The highest BCUT2D eigenvalue weighted by Gasteiger charge is 2.16. The number of nitrogens with zero attached hydrogens (tertiary/aromatic N) is 6. The number of nitrogens with one attached hydrogen (secondary N) is 1. The van der Waals surface area contributed by atoms with E-state index in [9.17, 15) is 10.1 Å². The molecule has 13 heteroatoms. The lowest BCUT2D eigenvalue weighted by Crippen LogP contribution is -2.00. The van der Waals surface area contributed by atoms with Crippen molar-refractivity contribution in [2.45, 2.75) is 13.1 Å². The number of hydrogen-bond acceptors (Lipinski definition) is 9. The third kappa shape index (κ3) is 4.53. The summed E-state index contributed by atoms with van der Waals surface area (Å²) in [7, 11) is 0. The fourth-order valence-electron chi connectivity index (χ4n) is 2.42. The van der Waals surface area contributed by atoms with E-state index in [-0.39, 0.29) is 11.6 Å². The number of benzene rings is 1. The third-order valence-corrected chi connectivity index (χ3v) is 5.38. The number of nitro groups is 1. The van der Waals surface area contributed by atoms with Crippen LogP contribution in [0.2, 0.25) is 10.0 Å². The van der Waals surface area contributed by atoms with Crippen LogP contribution in [0.25, 0.3) is 10.8 Å². The number of halogens is 2. The van der Waals surface area contributed by atoms with Crippen LogP contribution in [0.4, 0.5) is 11.0 Å². The highest BCUT2D eigenvalue weighted by molar-refractivity contribution is 7.18. The van der Waals surface area contributed by atoms with Crippen LogP contribution >= 0.6 is 34.5 Å². The van der Waals surface area contributed by atoms with Gasteiger partial charge >= 0.3 is 5.88 Å². The van der Waals surface area contributed by atoms with Crippen LogP contribution in [0.5, 0.6) is 0 Å². The van der Waals surface area contributed by atoms with Gasteiger partial charge in [-0.15, -0.1) is 15.3 Å². The molecule has 10 nitrogen and oxygen atoms in total. The average Bonchev–Trinajstić information content (AvgIpc) is 3.43. The van der Waals surface area contributed by atoms with Gasteiger partial charge < -0.3 is 9.73 Å². The first kappa shape index (κ1) is 19.3. The molecule has 1 aromatic carbocycles. The zero-order valence-electron chi connectivity index (χ0n) is 14.5. The predicted molar refractivity (Wildman–Crippen MR) is 107 cm³/mol. The van der Waals surface area contributed by atoms with E-state index < -0.39 is 4.92 Å². The van der Waals surface area contributed by atoms with Gasteiger partial charge in [0.2, 0.25) is 5.13 Å². The van der Waals surface area contributed by atoms with E-state index in [4.69, 9.17) is 27.6 Å². The van der Waals surface area contributed by atoms with Crippen molar-refractivity contribution in [1.82, 2.24) is 25.2 Å². The van der Waals surface area contributed by atoms with Crippen LogP contribution in [-0.2, 0) is 13.1 Å². The molecule has 0 fully saturated rings. The normalized spacial score (nSPS) is 11.0. The van der Waals surface area contributed by atoms with Crippen molar-refractivity contribution < 1.29 is 9.34 Å². The molecule has 0 saturated heterocycles. The molecular formula is C16H11Cl2N7O3S. The van der Waals surface area contributed by atoms with Crippen LogP contribution in [0.15, 0.2) is 40.9 Å². The van der Waals surface area contributed by atoms with E-state index in [1.165, 1.54) is 23.5 Å². The van der Waals surface area contributed by atoms with Crippen molar-refractivity contribution in [3.63, 3.8) is 0 Å². The number of rotatable bonds is 7. The van der Waals surface area contributed by atoms with Crippen molar-refractivity contribution in [3.05, 3.63) is 67.9 Å². The number of furan rings is 1. The number of aromatic nitrogens is 5. The van der Waals surface area contributed by atoms with E-state index >= 15 is 0 Å². The Morgan fingerprint density at radius 2 is 2.03 bits per heavy atom. The SMILES string of the molecule is O=[N+]([O-])c1ccc(-c2nnc(NCc3cn(Cc4ccc(Cl)c(Cl)c4)nn3)s2)o1. The van der Waals surface area contributed by atoms with Crippen molar-refractivity contribution in [3.8, 4) is 10.8 Å². The molecule has 4 rings (SSSR count). The van der Waals surface area contributed by atoms with Crippen molar-refractivity contribution in [2.24, 2.45) is 0 Å². The Hall–Kier alpha value is -3.02. The monoisotopic (exact) mass is 451 g/mol. The molecule has 0 aliphatic heterocycles. The molecule has 3 aromatic heterocycles. The first-order chi connectivity index (χ1) is 14.0. The van der Waals surface area contributed by atoms with E-state index in [0.29, 0.717) is 39.0 Å². The molecule has 0 radical (unpaired) electrons. The highest BCUT2D eigenvalue weighted by Crippen LogP contribution is 2.30. The van der Waals surface area contributed by atoms with Gasteiger partial charge in [0.1, 0.15) is 10.6 Å². The minimum Gasteiger partial charge on any atom is -0.398 e. The summed E-state index contributed by atoms with van der Waals surface area (Å²) in [6, 6.07) is 8.15. The Morgan fingerprint density at radius 3 is 2.79 bits per heavy atom. The number of hydrogen-bond donors (Lipinski definition) is 1. The molecule has 1 N–H and O–H groups in total. The van der Waals surface area contributed by atoms with Gasteiger partial charge in [-0.2, -0.15) is 0 Å². The Morgan fingerprint density at radius 1 is 1.17 bits per heavy atom. The second kappa shape index (κ2) is 8.15. The fourth-order valence-corrected chi connectivity index (χ4v) is 3.44. The average molecular weight is 452 g/mol. The van der Waals surface area contributed by atoms with Gasteiger partial charge in [0.05, 0.1) is 35.4 Å². The molecule has 0 aliphatic carbocycles. The minimum absolute atomic E-state index is 0.287. The first-order valence-corrected chi connectivity index (χ1v) is 9.70. The van der Waals surface area contributed by atoms with Crippen LogP contribution in [0, 0.1) is 10.1 Å². The van der Waals surface area contributed by atoms with Crippen molar-refractivity contribution >= 4 is 45.6 Å². The summed E-state index contributed by atoms with van der Waals surface area (Å²) in [6.07, 6.45) is 1.80. The molecule has 148 valence electrons. The standard InChI is InChI=1S/C16H11Cl2N7O3S/c17-11-2-1-9(5-12(11)18)7-24-8-10(20-23-24)6-19-16-22-21-15(29-16)13-3-4-14(28-13)25(26)27/h1-5,8H,6-7H2,(H,19,22). The molecule has 0 saturated carbocycles. The van der Waals surface area contributed by atoms with Crippen LogP contribution in [0.3, 0.4) is 0 Å². The maximum Gasteiger partial charge on any atom is 0.433 e. The quantitative estimate of drug-likeness (QED) is 0.326. The van der Waals surface area contributed by atoms with Gasteiger partial charge in [-0.3, -0.25) is 10.1 Å². The summed E-state index contributed by atoms with van der Waals surface area (Å²) in [4.78, 5) is 10.1. The van der Waals surface area contributed by atoms with Gasteiger partial charge in [-0.05, 0) is 23.8 Å². The van der Waals surface area contributed by atoms with E-state index in [1.54, 1.807) is 23.0 Å². The summed E-state index contributed by atoms with van der Waals surface area (Å²) < 4.78 is 6.81. The van der Waals surface area contributed by atoms with Crippen LogP contribution in [-0.4, -0.2) is 30.1 Å². The summed E-state index contributed by atoms with van der Waals surface area (Å²) >= 11 is 13.2. The maximum absolute atomic E-state index is 10.7. The van der Waals surface area contributed by atoms with Gasteiger partial charge in [0.15, 0.2) is 10.8 Å². The Labute approximate surface area is 177 Å². The summed E-state index contributed by atoms with van der Waals surface area (Å²) in [6.45, 7) is 0.887. The first-order valence-electron chi connectivity index (χ1n) is 8.13. The van der Waals surface area contributed by atoms with E-state index in [2.05, 4.69) is 25.8 Å². The van der Waals surface area contributed by atoms with Crippen LogP contribution < -0.4 is 5.32 Å². The van der Waals surface area contributed by atoms with Crippen molar-refractivity contribution in [2.75, 3.05) is 5.32 Å². The predicted octanol–water partition coefficient (Wildman–Crippen LogP) is 4.27. The van der Waals surface area contributed by atoms with Gasteiger partial charge in [-0.1, -0.05) is 45.8 Å². The smallest absolute Gasteiger partial charge is 0.398 e. The van der Waals surface area contributed by atoms with Gasteiger partial charge in [0, 0.05) is 0 Å². The molecule has 0 spiro atoms. The summed E-state index contributed by atoms with van der Waals surface area (Å²) in [5, 5.41) is 31.9. The maximum atomic E-state index is 10.7. The number of anilines is 1. The zero-order chi connectivity index (χ0) is 20.4. The fraction of sp³-hybridized carbons (Fsp3) is 0.125. The summed E-state index contributed by atoms with van der Waals surface area (Å²) in [5.41, 5.74) is 1.65. The molecule has 29 heavy (non-hydrogen) atoms. The van der Waals surface area contributed by atoms with E-state index in [1.807, 2.05) is 6.07 Å². The molecule has 0 atom stereocenters. The molecular weight excluding hydrogens is 441 g/mol. The minimum atomic E-state index is -0.606. The molecule has 3 heterocycles. The molecule has 4 aromatic rings. The van der Waals surface area contributed by atoms with Crippen LogP contribution in [0.1, 0.15) is 11.3 Å². The molecule has 0 unspecified atom stereocenters. The lowest BCUT2D eigenvalue weighted by atomic mass is 10.2. The highest BCUT2D eigenvalue weighted by atomic mass is 35.5. The molecule has 0 bridgehead atoms. The van der Waals surface area contributed by atoms with Crippen molar-refractivity contribution in [1.29, 1.82) is 0 Å². The van der Waals surface area contributed by atoms with Gasteiger partial charge in [-0.25, -0.2) is 4.68 Å². The second-order valence-electron chi connectivity index (χ2n) is 5.82. The third-order valence-electron chi connectivity index (χ3n) is 3.74. The summed E-state index contributed by atoms with van der Waals surface area (Å²) in [5.74, 6) is -0.0573. The topological polar surface area (TPSA) is 125 Å². The van der Waals surface area contributed by atoms with E-state index in [0.717, 1.165) is 5.56 Å². The Bertz CT molecular complexity index is 1170. The Kier molecular flexibility index (Phi) is 5.43. The largest absolute Gasteiger partial charge is 0.433 e. The molecule has 0 amide bonds. The lowest BCUT2D eigenvalue weighted by Gasteiger charge is -2.02.